The molecule has 1 saturated heterocycles. The predicted molar refractivity (Wildman–Crippen MR) is 113 cm³/mol. The smallest absolute Gasteiger partial charge is 0.108 e. The molecule has 5 heteroatoms. The van der Waals surface area contributed by atoms with Crippen molar-refractivity contribution in [2.75, 3.05) is 37.5 Å². The van der Waals surface area contributed by atoms with Crippen LogP contribution in [0.15, 0.2) is 47.5 Å². The van der Waals surface area contributed by atoms with Gasteiger partial charge in [0, 0.05) is 49.1 Å². The Balaban J connectivity index is 1.67. The highest BCUT2D eigenvalue weighted by atomic mass is 35.5. The number of amidine groups is 1. The van der Waals surface area contributed by atoms with Gasteiger partial charge in [0.1, 0.15) is 5.84 Å². The Labute approximate surface area is 166 Å². The molecule has 0 atom stereocenters. The first-order chi connectivity index (χ1) is 13.1. The van der Waals surface area contributed by atoms with E-state index in [2.05, 4.69) is 48.6 Å². The number of ether oxygens (including phenoxy) is 1. The molecular formula is C22H26ClN3O. The fourth-order valence-electron chi connectivity index (χ4n) is 4.02. The van der Waals surface area contributed by atoms with Crippen molar-refractivity contribution >= 4 is 28.8 Å². The van der Waals surface area contributed by atoms with Crippen LogP contribution in [0.4, 0.5) is 11.4 Å². The van der Waals surface area contributed by atoms with Gasteiger partial charge in [-0.25, -0.2) is 0 Å². The maximum absolute atomic E-state index is 6.13. The Morgan fingerprint density at radius 3 is 2.70 bits per heavy atom. The molecule has 1 spiro atoms. The van der Waals surface area contributed by atoms with Crippen molar-refractivity contribution in [1.82, 2.24) is 0 Å². The third-order valence-corrected chi connectivity index (χ3v) is 5.88. The molecule has 2 aliphatic heterocycles. The summed E-state index contributed by atoms with van der Waals surface area (Å²) in [6.07, 6.45) is 3.01. The fourth-order valence-corrected chi connectivity index (χ4v) is 4.24. The van der Waals surface area contributed by atoms with Crippen LogP contribution in [-0.2, 0) is 17.7 Å². The fraction of sp³-hybridized carbons (Fsp3) is 0.409. The van der Waals surface area contributed by atoms with Crippen molar-refractivity contribution in [3.8, 4) is 0 Å². The Bertz CT molecular complexity index is 856. The molecule has 0 saturated carbocycles. The van der Waals surface area contributed by atoms with Crippen molar-refractivity contribution in [3.63, 3.8) is 0 Å². The topological polar surface area (TPSA) is 36.9 Å². The highest BCUT2D eigenvalue weighted by molar-refractivity contribution is 6.30. The molecule has 0 aromatic heterocycles. The van der Waals surface area contributed by atoms with Gasteiger partial charge >= 0.3 is 0 Å². The first-order valence-corrected chi connectivity index (χ1v) is 9.88. The van der Waals surface area contributed by atoms with Crippen molar-refractivity contribution < 1.29 is 4.74 Å². The number of nitrogens with zero attached hydrogens (tertiary/aromatic N) is 2. The second kappa shape index (κ2) is 7.53. The molecule has 4 nitrogen and oxygen atoms in total. The molecule has 142 valence electrons. The van der Waals surface area contributed by atoms with E-state index in [-0.39, 0.29) is 5.41 Å². The monoisotopic (exact) mass is 383 g/mol. The number of fused-ring (bicyclic) bond motifs is 1. The van der Waals surface area contributed by atoms with Crippen LogP contribution in [0.1, 0.15) is 24.0 Å². The van der Waals surface area contributed by atoms with Gasteiger partial charge in [0.15, 0.2) is 0 Å². The lowest BCUT2D eigenvalue weighted by molar-refractivity contribution is 0.0449. The molecule has 0 bridgehead atoms. The van der Waals surface area contributed by atoms with Gasteiger partial charge in [-0.05, 0) is 60.7 Å². The molecule has 2 aliphatic rings. The van der Waals surface area contributed by atoms with Crippen LogP contribution in [0.2, 0.25) is 5.02 Å². The van der Waals surface area contributed by atoms with Crippen LogP contribution in [0.5, 0.6) is 0 Å². The summed E-state index contributed by atoms with van der Waals surface area (Å²) in [6, 6.07) is 14.6. The predicted octanol–water partition coefficient (Wildman–Crippen LogP) is 4.77. The second-order valence-corrected chi connectivity index (χ2v) is 8.16. The molecule has 4 rings (SSSR count). The average Bonchev–Trinajstić information content (AvgIpc) is 2.66. The van der Waals surface area contributed by atoms with Crippen LogP contribution < -0.4 is 10.2 Å². The van der Waals surface area contributed by atoms with Gasteiger partial charge in [-0.2, -0.15) is 0 Å². The zero-order valence-electron chi connectivity index (χ0n) is 16.0. The minimum absolute atomic E-state index is 0.0365. The summed E-state index contributed by atoms with van der Waals surface area (Å²) >= 11 is 6.13. The number of hydrogen-bond donors (Lipinski definition) is 1. The average molecular weight is 384 g/mol. The van der Waals surface area contributed by atoms with Gasteiger partial charge in [-0.3, -0.25) is 4.99 Å². The molecule has 1 fully saturated rings. The van der Waals surface area contributed by atoms with Crippen molar-refractivity contribution in [3.05, 3.63) is 58.6 Å². The van der Waals surface area contributed by atoms with Crippen LogP contribution in [-0.4, -0.2) is 33.1 Å². The first-order valence-electron chi connectivity index (χ1n) is 9.50. The summed E-state index contributed by atoms with van der Waals surface area (Å²) < 4.78 is 5.67. The van der Waals surface area contributed by atoms with E-state index < -0.39 is 0 Å². The minimum atomic E-state index is 0.0365. The number of hydrogen-bond acceptors (Lipinski definition) is 3. The van der Waals surface area contributed by atoms with Crippen LogP contribution in [0.3, 0.4) is 0 Å². The normalized spacial score (nSPS) is 19.6. The molecule has 27 heavy (non-hydrogen) atoms. The van der Waals surface area contributed by atoms with Gasteiger partial charge in [0.25, 0.3) is 0 Å². The van der Waals surface area contributed by atoms with Gasteiger partial charge in [-0.1, -0.05) is 23.7 Å². The second-order valence-electron chi connectivity index (χ2n) is 7.73. The number of benzene rings is 2. The summed E-state index contributed by atoms with van der Waals surface area (Å²) in [5.41, 5.74) is 4.94. The Morgan fingerprint density at radius 1 is 1.15 bits per heavy atom. The standard InChI is InChI=1S/C22H26ClN3O/c1-26(2)19-6-7-20-17(13-19)14-22(8-10-27-11-9-22)21(25-20)24-15-16-4-3-5-18(23)12-16/h3-7,12-13H,8-11,14-15H2,1-2H3,(H,24,25). The van der Waals surface area contributed by atoms with Crippen LogP contribution >= 0.6 is 11.6 Å². The van der Waals surface area contributed by atoms with Crippen LogP contribution in [0, 0.1) is 5.41 Å². The summed E-state index contributed by atoms with van der Waals surface area (Å²) in [6.45, 7) is 2.22. The lowest BCUT2D eigenvalue weighted by Crippen LogP contribution is -2.46. The van der Waals surface area contributed by atoms with Gasteiger partial charge in [0.2, 0.25) is 0 Å². The third kappa shape index (κ3) is 3.83. The minimum Gasteiger partial charge on any atom is -0.381 e. The Kier molecular flexibility index (Phi) is 5.11. The molecule has 2 aromatic rings. The highest BCUT2D eigenvalue weighted by Gasteiger charge is 2.41. The molecule has 0 amide bonds. The number of nitrogens with one attached hydrogen (secondary N) is 1. The molecule has 2 heterocycles. The van der Waals surface area contributed by atoms with E-state index in [0.29, 0.717) is 6.54 Å². The lowest BCUT2D eigenvalue weighted by atomic mass is 9.71. The SMILES string of the molecule is CN(C)c1ccc2c(c1)CC1(CCOCC1)C(=NCc1cccc(Cl)c1)N2. The highest BCUT2D eigenvalue weighted by Crippen LogP contribution is 2.42. The van der Waals surface area contributed by atoms with Gasteiger partial charge in [-0.15, -0.1) is 0 Å². The molecule has 0 aliphatic carbocycles. The zero-order chi connectivity index (χ0) is 18.9. The summed E-state index contributed by atoms with van der Waals surface area (Å²) in [5, 5.41) is 4.41. The first kappa shape index (κ1) is 18.3. The lowest BCUT2D eigenvalue weighted by Gasteiger charge is -2.42. The quantitative estimate of drug-likeness (QED) is 0.829. The van der Waals surface area contributed by atoms with Crippen molar-refractivity contribution in [2.45, 2.75) is 25.8 Å². The summed E-state index contributed by atoms with van der Waals surface area (Å²) in [7, 11) is 4.17. The molecule has 2 aromatic carbocycles. The van der Waals surface area contributed by atoms with Crippen molar-refractivity contribution in [2.24, 2.45) is 10.4 Å². The van der Waals surface area contributed by atoms with E-state index in [1.165, 1.54) is 16.9 Å². The van der Waals surface area contributed by atoms with E-state index in [9.17, 15) is 0 Å². The number of rotatable bonds is 3. The van der Waals surface area contributed by atoms with Gasteiger partial charge in [0.05, 0.1) is 6.54 Å². The number of anilines is 2. The molecule has 1 N–H and O–H groups in total. The van der Waals surface area contributed by atoms with E-state index in [0.717, 1.165) is 48.9 Å². The maximum atomic E-state index is 6.13. The zero-order valence-corrected chi connectivity index (χ0v) is 16.7. The summed E-state index contributed by atoms with van der Waals surface area (Å²) in [5.74, 6) is 1.09. The van der Waals surface area contributed by atoms with E-state index in [1.54, 1.807) is 0 Å². The summed E-state index contributed by atoms with van der Waals surface area (Å²) in [4.78, 5) is 7.16. The maximum Gasteiger partial charge on any atom is 0.108 e. The molecule has 0 unspecified atom stereocenters. The van der Waals surface area contributed by atoms with Crippen molar-refractivity contribution in [1.29, 1.82) is 0 Å². The van der Waals surface area contributed by atoms with Crippen LogP contribution in [0.25, 0.3) is 0 Å². The third-order valence-electron chi connectivity index (χ3n) is 5.65. The Morgan fingerprint density at radius 2 is 1.96 bits per heavy atom. The largest absolute Gasteiger partial charge is 0.381 e. The van der Waals surface area contributed by atoms with E-state index in [4.69, 9.17) is 21.3 Å². The van der Waals surface area contributed by atoms with E-state index in [1.807, 2.05) is 18.2 Å². The molecular weight excluding hydrogens is 358 g/mol. The number of halogens is 1. The van der Waals surface area contributed by atoms with Gasteiger partial charge < -0.3 is 15.0 Å². The van der Waals surface area contributed by atoms with E-state index >= 15 is 0 Å². The number of aliphatic imine (C=N–C) groups is 1. The Hall–Kier alpha value is -2.04. The molecule has 0 radical (unpaired) electrons.